The number of carbonyl (C=O) groups excluding carboxylic acids is 1. The summed E-state index contributed by atoms with van der Waals surface area (Å²) >= 11 is 0. The van der Waals surface area contributed by atoms with Gasteiger partial charge in [0.25, 0.3) is 0 Å². The molecule has 0 saturated carbocycles. The third-order valence-corrected chi connectivity index (χ3v) is 3.71. The van der Waals surface area contributed by atoms with Crippen LogP contribution in [0.15, 0.2) is 54.6 Å². The average molecular weight is 329 g/mol. The molecule has 0 aliphatic carbocycles. The van der Waals surface area contributed by atoms with Crippen LogP contribution in [0.1, 0.15) is 17.0 Å². The van der Waals surface area contributed by atoms with Crippen molar-refractivity contribution in [1.29, 1.82) is 0 Å². The molecular weight excluding hydrogens is 310 g/mol. The van der Waals surface area contributed by atoms with E-state index in [1.807, 2.05) is 18.2 Å². The van der Waals surface area contributed by atoms with E-state index in [9.17, 15) is 14.9 Å². The number of hydrogen-bond donors (Lipinski definition) is 0. The predicted octanol–water partition coefficient (Wildman–Crippen LogP) is 2.84. The van der Waals surface area contributed by atoms with Gasteiger partial charge in [0.2, 0.25) is 6.54 Å². The normalized spacial score (nSPS) is 13.0. The largest absolute Gasteiger partial charge is 0.497 e. The molecule has 0 bridgehead atoms. The van der Waals surface area contributed by atoms with E-state index in [1.165, 1.54) is 0 Å². The zero-order chi connectivity index (χ0) is 17.4. The van der Waals surface area contributed by atoms with Crippen molar-refractivity contribution in [1.82, 2.24) is 0 Å². The van der Waals surface area contributed by atoms with Crippen molar-refractivity contribution >= 4 is 6.29 Å². The van der Waals surface area contributed by atoms with Gasteiger partial charge in [0, 0.05) is 4.92 Å². The number of methoxy groups -OCH3 is 1. The Morgan fingerprint density at radius 1 is 1.12 bits per heavy atom. The molecule has 0 aliphatic heterocycles. The molecule has 2 atom stereocenters. The number of ether oxygens (including phenoxy) is 2. The summed E-state index contributed by atoms with van der Waals surface area (Å²) < 4.78 is 10.7. The van der Waals surface area contributed by atoms with Gasteiger partial charge in [0.15, 0.2) is 0 Å². The Bertz CT molecular complexity index is 657. The van der Waals surface area contributed by atoms with Gasteiger partial charge in [0.05, 0.1) is 19.6 Å². The summed E-state index contributed by atoms with van der Waals surface area (Å²) in [5.41, 5.74) is 1.57. The minimum absolute atomic E-state index is 0.189. The van der Waals surface area contributed by atoms with Gasteiger partial charge in [-0.05, 0) is 23.3 Å². The highest BCUT2D eigenvalue weighted by molar-refractivity contribution is 5.58. The van der Waals surface area contributed by atoms with Crippen molar-refractivity contribution in [2.24, 2.45) is 0 Å². The second-order valence-corrected chi connectivity index (χ2v) is 5.29. The molecule has 0 saturated heterocycles. The number of nitro groups is 1. The van der Waals surface area contributed by atoms with Gasteiger partial charge in [-0.15, -0.1) is 0 Å². The van der Waals surface area contributed by atoms with Gasteiger partial charge in [-0.3, -0.25) is 10.1 Å². The van der Waals surface area contributed by atoms with Crippen LogP contribution in [0.4, 0.5) is 0 Å². The van der Waals surface area contributed by atoms with Crippen LogP contribution in [-0.4, -0.2) is 31.0 Å². The Labute approximate surface area is 140 Å². The first-order valence-electron chi connectivity index (χ1n) is 7.50. The lowest BCUT2D eigenvalue weighted by atomic mass is 9.94. The molecule has 0 aliphatic rings. The van der Waals surface area contributed by atoms with Crippen molar-refractivity contribution in [3.63, 3.8) is 0 Å². The zero-order valence-electron chi connectivity index (χ0n) is 13.3. The highest BCUT2D eigenvalue weighted by Gasteiger charge is 2.28. The SMILES string of the molecule is COc1ccc(CO[C@@H](C=O)[C@H](C[N+](=O)[O-])c2ccccc2)cc1. The Balaban J connectivity index is 2.10. The maximum absolute atomic E-state index is 11.5. The summed E-state index contributed by atoms with van der Waals surface area (Å²) in [6.07, 6.45) is -0.259. The molecule has 0 heterocycles. The van der Waals surface area contributed by atoms with Gasteiger partial charge in [0.1, 0.15) is 18.1 Å². The standard InChI is InChI=1S/C18H19NO5/c1-23-16-9-7-14(8-10-16)13-24-18(12-20)17(11-19(21)22)15-5-3-2-4-6-15/h2-10,12,17-18H,11,13H2,1H3/t17-,18+/m1/s1. The van der Waals surface area contributed by atoms with Crippen molar-refractivity contribution in [3.05, 3.63) is 75.8 Å². The number of carbonyl (C=O) groups is 1. The number of benzene rings is 2. The molecule has 0 unspecified atom stereocenters. The minimum atomic E-state index is -0.889. The molecule has 0 spiro atoms. The quantitative estimate of drug-likeness (QED) is 0.401. The molecule has 24 heavy (non-hydrogen) atoms. The first kappa shape index (κ1) is 17.6. The van der Waals surface area contributed by atoms with Crippen LogP contribution in [0.3, 0.4) is 0 Å². The number of nitrogens with zero attached hydrogens (tertiary/aromatic N) is 1. The van der Waals surface area contributed by atoms with Crippen LogP contribution in [0.5, 0.6) is 5.75 Å². The molecule has 0 radical (unpaired) electrons. The van der Waals surface area contributed by atoms with Gasteiger partial charge < -0.3 is 14.3 Å². The van der Waals surface area contributed by atoms with Crippen LogP contribution in [0, 0.1) is 10.1 Å². The summed E-state index contributed by atoms with van der Waals surface area (Å²) in [6.45, 7) is -0.176. The van der Waals surface area contributed by atoms with E-state index in [0.29, 0.717) is 11.8 Å². The zero-order valence-corrected chi connectivity index (χ0v) is 13.3. The minimum Gasteiger partial charge on any atom is -0.497 e. The van der Waals surface area contributed by atoms with E-state index in [2.05, 4.69) is 0 Å². The maximum atomic E-state index is 11.5. The van der Waals surface area contributed by atoms with Gasteiger partial charge in [-0.25, -0.2) is 0 Å². The van der Waals surface area contributed by atoms with E-state index in [1.54, 1.807) is 43.5 Å². The molecule has 6 heteroatoms. The summed E-state index contributed by atoms with van der Waals surface area (Å²) in [6, 6.07) is 16.2. The van der Waals surface area contributed by atoms with Crippen LogP contribution in [0.25, 0.3) is 0 Å². The first-order valence-corrected chi connectivity index (χ1v) is 7.50. The van der Waals surface area contributed by atoms with Gasteiger partial charge in [-0.2, -0.15) is 0 Å². The van der Waals surface area contributed by atoms with Crippen molar-refractivity contribution in [2.45, 2.75) is 18.6 Å². The lowest BCUT2D eigenvalue weighted by molar-refractivity contribution is -0.485. The monoisotopic (exact) mass is 329 g/mol. The highest BCUT2D eigenvalue weighted by Crippen LogP contribution is 2.23. The number of hydrogen-bond acceptors (Lipinski definition) is 5. The molecule has 0 fully saturated rings. The number of aldehydes is 1. The lowest BCUT2D eigenvalue weighted by Crippen LogP contribution is -2.29. The van der Waals surface area contributed by atoms with Gasteiger partial charge in [-0.1, -0.05) is 42.5 Å². The molecule has 6 nitrogen and oxygen atoms in total. The van der Waals surface area contributed by atoms with Crippen LogP contribution in [0.2, 0.25) is 0 Å². The fourth-order valence-corrected chi connectivity index (χ4v) is 2.42. The smallest absolute Gasteiger partial charge is 0.213 e. The Morgan fingerprint density at radius 3 is 2.33 bits per heavy atom. The number of rotatable bonds is 9. The molecule has 2 aromatic rings. The first-order chi connectivity index (χ1) is 11.6. The van der Waals surface area contributed by atoms with E-state index in [-0.39, 0.29) is 13.2 Å². The van der Waals surface area contributed by atoms with Crippen molar-refractivity contribution < 1.29 is 19.2 Å². The Hall–Kier alpha value is -2.73. The highest BCUT2D eigenvalue weighted by atomic mass is 16.6. The van der Waals surface area contributed by atoms with Crippen LogP contribution >= 0.6 is 0 Å². The molecule has 0 N–H and O–H groups in total. The molecule has 0 aromatic heterocycles. The second-order valence-electron chi connectivity index (χ2n) is 5.29. The van der Waals surface area contributed by atoms with Crippen LogP contribution in [-0.2, 0) is 16.1 Å². The summed E-state index contributed by atoms with van der Waals surface area (Å²) in [7, 11) is 1.58. The Morgan fingerprint density at radius 2 is 1.79 bits per heavy atom. The fourth-order valence-electron chi connectivity index (χ4n) is 2.42. The van der Waals surface area contributed by atoms with Gasteiger partial charge >= 0.3 is 0 Å². The second kappa shape index (κ2) is 8.79. The van der Waals surface area contributed by atoms with Crippen molar-refractivity contribution in [2.75, 3.05) is 13.7 Å². The van der Waals surface area contributed by atoms with E-state index in [0.717, 1.165) is 11.3 Å². The summed E-state index contributed by atoms with van der Waals surface area (Å²) in [4.78, 5) is 22.0. The van der Waals surface area contributed by atoms with Crippen LogP contribution < -0.4 is 4.74 Å². The summed E-state index contributed by atoms with van der Waals surface area (Å²) in [5, 5.41) is 11.0. The molecule has 2 aromatic carbocycles. The van der Waals surface area contributed by atoms with E-state index in [4.69, 9.17) is 9.47 Å². The lowest BCUT2D eigenvalue weighted by Gasteiger charge is -2.20. The Kier molecular flexibility index (Phi) is 6.45. The molecule has 126 valence electrons. The average Bonchev–Trinajstić information content (AvgIpc) is 2.62. The molecular formula is C18H19NO5. The van der Waals surface area contributed by atoms with E-state index < -0.39 is 16.9 Å². The summed E-state index contributed by atoms with van der Waals surface area (Å²) in [5.74, 6) is 0.0955. The molecule has 2 rings (SSSR count). The maximum Gasteiger partial charge on any atom is 0.213 e. The third kappa shape index (κ3) is 4.89. The predicted molar refractivity (Wildman–Crippen MR) is 88.7 cm³/mol. The fraction of sp³-hybridized carbons (Fsp3) is 0.278. The third-order valence-electron chi connectivity index (χ3n) is 3.71. The topological polar surface area (TPSA) is 78.7 Å². The van der Waals surface area contributed by atoms with E-state index >= 15 is 0 Å². The van der Waals surface area contributed by atoms with Crippen molar-refractivity contribution in [3.8, 4) is 5.75 Å². The molecule has 0 amide bonds.